The molecule has 0 bridgehead atoms. The number of carbonyl (C=O) groups excluding carboxylic acids is 1. The van der Waals surface area contributed by atoms with Crippen LogP contribution in [0.15, 0.2) is 112 Å². The van der Waals surface area contributed by atoms with Crippen LogP contribution in [0.3, 0.4) is 0 Å². The topological polar surface area (TPSA) is 127 Å². The summed E-state index contributed by atoms with van der Waals surface area (Å²) in [5.74, 6) is 1.35. The van der Waals surface area contributed by atoms with Gasteiger partial charge in [0.25, 0.3) is 5.91 Å². The first-order chi connectivity index (χ1) is 22.6. The number of hydrogen-bond acceptors (Lipinski definition) is 7. The molecule has 2 N–H and O–H groups in total. The van der Waals surface area contributed by atoms with E-state index in [1.807, 2.05) is 30.3 Å². The number of fused-ring (bicyclic) bond motifs is 1. The molecule has 0 spiro atoms. The fourth-order valence-electron chi connectivity index (χ4n) is 5.48. The lowest BCUT2D eigenvalue weighted by atomic mass is 10.2. The summed E-state index contributed by atoms with van der Waals surface area (Å²) < 4.78 is 14.2. The van der Waals surface area contributed by atoms with Gasteiger partial charge in [-0.15, -0.1) is 0 Å². The van der Waals surface area contributed by atoms with Crippen molar-refractivity contribution < 1.29 is 18.9 Å². The van der Waals surface area contributed by atoms with Gasteiger partial charge in [0, 0.05) is 37.2 Å². The van der Waals surface area contributed by atoms with Gasteiger partial charge in [0.1, 0.15) is 22.6 Å². The number of para-hydroxylation sites is 1. The molecule has 47 heavy (non-hydrogen) atoms. The van der Waals surface area contributed by atoms with Crippen molar-refractivity contribution in [3.8, 4) is 28.6 Å². The van der Waals surface area contributed by atoms with Crippen molar-refractivity contribution in [1.29, 1.82) is 0 Å². The molecule has 1 aliphatic heterocycles. The van der Waals surface area contributed by atoms with Gasteiger partial charge in [-0.05, 0) is 67.6 Å². The number of anilines is 1. The van der Waals surface area contributed by atoms with Crippen LogP contribution >= 0.6 is 0 Å². The Hall–Kier alpha value is -5.61. The number of methoxy groups -OCH3 is 1. The first-order valence-electron chi connectivity index (χ1n) is 15.2. The number of hydrogen-bond donors (Lipinski definition) is 1. The van der Waals surface area contributed by atoms with Crippen LogP contribution in [0.5, 0.6) is 17.2 Å². The molecular weight excluding hydrogens is 596 g/mol. The molecule has 1 unspecified atom stereocenters. The van der Waals surface area contributed by atoms with Crippen molar-refractivity contribution >= 4 is 17.3 Å². The van der Waals surface area contributed by atoms with Crippen LogP contribution in [0.2, 0.25) is 0 Å². The van der Waals surface area contributed by atoms with Crippen LogP contribution in [0.4, 0.5) is 5.69 Å². The summed E-state index contributed by atoms with van der Waals surface area (Å²) in [6.45, 7) is 2.01. The summed E-state index contributed by atoms with van der Waals surface area (Å²) in [5, 5.41) is 13.0. The molecule has 1 aliphatic carbocycles. The molecule has 11 heteroatoms. The average Bonchev–Trinajstić information content (AvgIpc) is 3.91. The van der Waals surface area contributed by atoms with Gasteiger partial charge in [-0.1, -0.05) is 23.9 Å². The molecule has 1 atom stereocenters. The zero-order valence-corrected chi connectivity index (χ0v) is 26.7. The van der Waals surface area contributed by atoms with Gasteiger partial charge in [0.05, 0.1) is 50.0 Å². The number of hydroxylamine groups is 3. The van der Waals surface area contributed by atoms with E-state index in [0.717, 1.165) is 12.8 Å². The number of amides is 1. The predicted molar refractivity (Wildman–Crippen MR) is 180 cm³/mol. The molecule has 0 saturated heterocycles. The quantitative estimate of drug-likeness (QED) is 0.123. The fraction of sp³-hybridized carbons (Fsp3) is 0.222. The summed E-state index contributed by atoms with van der Waals surface area (Å²) in [5.41, 5.74) is 11.9. The number of ether oxygens (including phenoxy) is 2. The summed E-state index contributed by atoms with van der Waals surface area (Å²) >= 11 is 0. The first kappa shape index (κ1) is 31.4. The highest BCUT2D eigenvalue weighted by molar-refractivity contribution is 6.01. The summed E-state index contributed by atoms with van der Waals surface area (Å²) in [7, 11) is 4.76. The minimum atomic E-state index is -0.446. The summed E-state index contributed by atoms with van der Waals surface area (Å²) in [6, 6.07) is 21.7. The van der Waals surface area contributed by atoms with Gasteiger partial charge in [-0.2, -0.15) is 0 Å². The van der Waals surface area contributed by atoms with Crippen molar-refractivity contribution in [1.82, 2.24) is 9.13 Å². The van der Waals surface area contributed by atoms with Crippen LogP contribution < -0.4 is 36.6 Å². The number of rotatable bonds is 10. The van der Waals surface area contributed by atoms with E-state index in [9.17, 15) is 14.8 Å². The Morgan fingerprint density at radius 2 is 1.81 bits per heavy atom. The van der Waals surface area contributed by atoms with Gasteiger partial charge in [0.2, 0.25) is 0 Å². The third-order valence-corrected chi connectivity index (χ3v) is 8.40. The number of imidazole rings is 1. The maximum absolute atomic E-state index is 14.4. The lowest BCUT2D eigenvalue weighted by molar-refractivity contribution is -0.865. The van der Waals surface area contributed by atoms with Gasteiger partial charge in [-0.3, -0.25) is 9.36 Å². The minimum Gasteiger partial charge on any atom is -0.633 e. The van der Waals surface area contributed by atoms with E-state index < -0.39 is 5.69 Å². The number of benzene rings is 3. The van der Waals surface area contributed by atoms with E-state index in [0.29, 0.717) is 50.9 Å². The van der Waals surface area contributed by atoms with Crippen molar-refractivity contribution in [3.05, 3.63) is 129 Å². The monoisotopic (exact) mass is 632 g/mol. The van der Waals surface area contributed by atoms with E-state index >= 15 is 0 Å². The molecule has 2 heterocycles. The standard InChI is InChI=1S/C36H36N6O5/c1-24-20-21-38-35-34(33(24)37)40(25-12-17-29(18-13-25)47-28-9-6-5-7-10-28)36(44)41(35)30-23-26(14-19-31(30)46-4)39(2)32(43)11-8-22-42(3,45)27-15-16-27/h5-14,17-19,21,23,27H,15-16,22,37H2,1-4H3/b11-8+. The van der Waals surface area contributed by atoms with E-state index in [-0.39, 0.29) is 28.6 Å². The number of quaternary nitrogens is 1. The van der Waals surface area contributed by atoms with E-state index in [1.54, 1.807) is 69.6 Å². The van der Waals surface area contributed by atoms with Crippen LogP contribution in [-0.2, 0) is 4.79 Å². The average molecular weight is 633 g/mol. The second kappa shape index (κ2) is 12.6. The SMILES string of the molecule is COc1ccc(N(C)C(=O)/C=C/C[N+](C)([O-])C2CC2)cc1-n1c2c(n(-c3ccc(Oc4ccccc4)cc3)c1=O)=C(N)C(C)=C=CN=2. The molecule has 0 radical (unpaired) electrons. The zero-order valence-electron chi connectivity index (χ0n) is 26.7. The molecule has 1 amide bonds. The molecule has 2 aliphatic rings. The highest BCUT2D eigenvalue weighted by Crippen LogP contribution is 2.31. The second-order valence-electron chi connectivity index (χ2n) is 11.7. The van der Waals surface area contributed by atoms with Crippen LogP contribution in [0.1, 0.15) is 19.8 Å². The maximum Gasteiger partial charge on any atom is 0.339 e. The molecule has 11 nitrogen and oxygen atoms in total. The highest BCUT2D eigenvalue weighted by Gasteiger charge is 2.34. The highest BCUT2D eigenvalue weighted by atomic mass is 16.5. The van der Waals surface area contributed by atoms with Gasteiger partial charge in [0.15, 0.2) is 5.49 Å². The van der Waals surface area contributed by atoms with E-state index in [2.05, 4.69) is 10.7 Å². The molecule has 4 aromatic rings. The van der Waals surface area contributed by atoms with Crippen LogP contribution in [0, 0.1) is 5.21 Å². The zero-order chi connectivity index (χ0) is 33.3. The van der Waals surface area contributed by atoms with Crippen molar-refractivity contribution in [3.63, 3.8) is 0 Å². The fourth-order valence-corrected chi connectivity index (χ4v) is 5.48. The maximum atomic E-state index is 14.4. The smallest absolute Gasteiger partial charge is 0.339 e. The Morgan fingerprint density at radius 1 is 1.11 bits per heavy atom. The molecule has 6 rings (SSSR count). The first-order valence-corrected chi connectivity index (χ1v) is 15.2. The van der Waals surface area contributed by atoms with Crippen molar-refractivity contribution in [2.24, 2.45) is 10.7 Å². The molecular formula is C36H36N6O5. The third-order valence-electron chi connectivity index (χ3n) is 8.40. The summed E-state index contributed by atoms with van der Waals surface area (Å²) in [6.07, 6.45) is 6.33. The molecule has 240 valence electrons. The van der Waals surface area contributed by atoms with Gasteiger partial charge in [-0.25, -0.2) is 14.4 Å². The van der Waals surface area contributed by atoms with E-state index in [1.165, 1.54) is 33.4 Å². The van der Waals surface area contributed by atoms with Crippen LogP contribution in [0.25, 0.3) is 17.1 Å². The van der Waals surface area contributed by atoms with E-state index in [4.69, 9.17) is 15.2 Å². The Labute approximate surface area is 271 Å². The third kappa shape index (κ3) is 6.28. The lowest BCUT2D eigenvalue weighted by Gasteiger charge is -2.38. The summed E-state index contributed by atoms with van der Waals surface area (Å²) in [4.78, 5) is 33.6. The molecule has 3 aromatic carbocycles. The number of nitrogens with zero attached hydrogens (tertiary/aromatic N) is 5. The lowest BCUT2D eigenvalue weighted by Crippen LogP contribution is -2.40. The Kier molecular flexibility index (Phi) is 8.44. The van der Waals surface area contributed by atoms with Crippen molar-refractivity contribution in [2.75, 3.05) is 32.6 Å². The number of likely N-dealkylation sites (N-methyl/N-ethyl adjacent to an activating group) is 2. The number of nitrogens with two attached hydrogens (primary N) is 1. The van der Waals surface area contributed by atoms with Crippen LogP contribution in [-0.4, -0.2) is 53.5 Å². The minimum absolute atomic E-state index is 0.100. The van der Waals surface area contributed by atoms with Gasteiger partial charge < -0.3 is 30.0 Å². The van der Waals surface area contributed by atoms with Crippen molar-refractivity contribution in [2.45, 2.75) is 25.8 Å². The molecule has 1 saturated carbocycles. The number of aromatic nitrogens is 2. The Morgan fingerprint density at radius 3 is 2.49 bits per heavy atom. The normalized spacial score (nSPS) is 15.3. The Bertz CT molecular complexity index is 2120. The largest absolute Gasteiger partial charge is 0.633 e. The second-order valence-corrected chi connectivity index (χ2v) is 11.7. The predicted octanol–water partition coefficient (Wildman–Crippen LogP) is 3.81. The Balaban J connectivity index is 1.42. The number of carbonyl (C=O) groups is 1. The van der Waals surface area contributed by atoms with Gasteiger partial charge >= 0.3 is 5.69 Å². The molecule has 1 aromatic heterocycles. The molecule has 1 fully saturated rings.